The number of benzene rings is 2. The average molecular weight is 547 g/mol. The van der Waals surface area contributed by atoms with Crippen LogP contribution in [0.4, 0.5) is 17.3 Å². The Kier molecular flexibility index (Phi) is 9.36. The molecule has 40 heavy (non-hydrogen) atoms. The number of ether oxygens (including phenoxy) is 3. The van der Waals surface area contributed by atoms with Crippen molar-refractivity contribution in [3.8, 4) is 22.8 Å². The van der Waals surface area contributed by atoms with Crippen molar-refractivity contribution >= 4 is 17.3 Å². The Bertz CT molecular complexity index is 1260. The topological polar surface area (TPSA) is 98.0 Å². The van der Waals surface area contributed by atoms with Crippen LogP contribution in [0, 0.1) is 6.92 Å². The molecule has 1 aromatic heterocycles. The normalized spacial score (nSPS) is 17.2. The highest BCUT2D eigenvalue weighted by Crippen LogP contribution is 2.30. The third-order valence-corrected chi connectivity index (χ3v) is 7.67. The molecule has 3 aromatic rings. The van der Waals surface area contributed by atoms with E-state index in [0.717, 1.165) is 87.0 Å². The minimum atomic E-state index is 0.139. The van der Waals surface area contributed by atoms with E-state index < -0.39 is 0 Å². The molecule has 2 aromatic carbocycles. The van der Waals surface area contributed by atoms with Gasteiger partial charge in [-0.3, -0.25) is 9.80 Å². The molecule has 3 N–H and O–H groups in total. The number of nitrogens with one attached hydrogen (secondary N) is 1. The summed E-state index contributed by atoms with van der Waals surface area (Å²) in [5.41, 5.74) is 10.6. The van der Waals surface area contributed by atoms with Gasteiger partial charge in [0.05, 0.1) is 24.6 Å². The molecule has 9 heteroatoms. The standard InChI is InChI=1S/C31H42N6O3/c1-22(2)37-14-12-36(13-15-37)16-19-39-30-21-25(6-4-23(30)3)34-31-33-11-8-28(35-31)24-5-7-29(27(32)20-24)40-26-9-17-38-18-10-26/h4-8,11,20-22,26H,9-10,12-19,32H2,1-3H3,(H,33,34,35). The number of rotatable bonds is 10. The van der Waals surface area contributed by atoms with Gasteiger partial charge in [-0.05, 0) is 56.7 Å². The second kappa shape index (κ2) is 13.3. The van der Waals surface area contributed by atoms with Gasteiger partial charge in [0, 0.05) is 75.1 Å². The number of aryl methyl sites for hydroxylation is 1. The van der Waals surface area contributed by atoms with Crippen molar-refractivity contribution in [3.05, 3.63) is 54.2 Å². The maximum absolute atomic E-state index is 6.34. The number of piperazine rings is 1. The summed E-state index contributed by atoms with van der Waals surface area (Å²) in [6, 6.07) is 14.4. The van der Waals surface area contributed by atoms with Crippen LogP contribution in [0.3, 0.4) is 0 Å². The van der Waals surface area contributed by atoms with Gasteiger partial charge in [0.15, 0.2) is 0 Å². The van der Waals surface area contributed by atoms with Crippen LogP contribution in [0.2, 0.25) is 0 Å². The second-order valence-electron chi connectivity index (χ2n) is 10.9. The third-order valence-electron chi connectivity index (χ3n) is 7.67. The summed E-state index contributed by atoms with van der Waals surface area (Å²) in [7, 11) is 0. The summed E-state index contributed by atoms with van der Waals surface area (Å²) in [5.74, 6) is 2.08. The number of anilines is 3. The number of aromatic nitrogens is 2. The fourth-order valence-electron chi connectivity index (χ4n) is 5.12. The van der Waals surface area contributed by atoms with Gasteiger partial charge in [0.2, 0.25) is 5.95 Å². The van der Waals surface area contributed by atoms with Crippen molar-refractivity contribution in [3.63, 3.8) is 0 Å². The predicted molar refractivity (Wildman–Crippen MR) is 159 cm³/mol. The Morgan fingerprint density at radius 3 is 2.58 bits per heavy atom. The van der Waals surface area contributed by atoms with Crippen LogP contribution in [0.5, 0.6) is 11.5 Å². The van der Waals surface area contributed by atoms with Crippen LogP contribution >= 0.6 is 0 Å². The summed E-state index contributed by atoms with van der Waals surface area (Å²) in [4.78, 5) is 14.2. The lowest BCUT2D eigenvalue weighted by molar-refractivity contribution is 0.0259. The minimum Gasteiger partial charge on any atom is -0.492 e. The highest BCUT2D eigenvalue weighted by atomic mass is 16.5. The predicted octanol–water partition coefficient (Wildman–Crippen LogP) is 4.74. The molecule has 3 heterocycles. The van der Waals surface area contributed by atoms with Crippen LogP contribution < -0.4 is 20.5 Å². The van der Waals surface area contributed by atoms with Crippen LogP contribution in [0.15, 0.2) is 48.7 Å². The lowest BCUT2D eigenvalue weighted by atomic mass is 10.1. The summed E-state index contributed by atoms with van der Waals surface area (Å²) in [5, 5.41) is 3.33. The van der Waals surface area contributed by atoms with E-state index in [9.17, 15) is 0 Å². The molecule has 2 fully saturated rings. The zero-order valence-electron chi connectivity index (χ0n) is 23.9. The zero-order valence-corrected chi connectivity index (χ0v) is 23.9. The summed E-state index contributed by atoms with van der Waals surface area (Å²) in [6.45, 7) is 14.1. The van der Waals surface area contributed by atoms with Gasteiger partial charge < -0.3 is 25.3 Å². The number of nitrogens with zero attached hydrogens (tertiary/aromatic N) is 4. The number of nitrogen functional groups attached to an aromatic ring is 1. The first kappa shape index (κ1) is 28.1. The molecule has 0 atom stereocenters. The van der Waals surface area contributed by atoms with E-state index in [2.05, 4.69) is 46.9 Å². The molecule has 2 aliphatic rings. The zero-order chi connectivity index (χ0) is 27.9. The first-order valence-electron chi connectivity index (χ1n) is 14.4. The van der Waals surface area contributed by atoms with E-state index in [-0.39, 0.29) is 6.10 Å². The highest BCUT2D eigenvalue weighted by molar-refractivity contribution is 5.69. The van der Waals surface area contributed by atoms with Crippen LogP contribution in [-0.2, 0) is 4.74 Å². The molecule has 2 aliphatic heterocycles. The van der Waals surface area contributed by atoms with Crippen molar-refractivity contribution in [2.75, 3.05) is 63.6 Å². The lowest BCUT2D eigenvalue weighted by Gasteiger charge is -2.36. The molecule has 214 valence electrons. The summed E-state index contributed by atoms with van der Waals surface area (Å²) >= 11 is 0. The van der Waals surface area contributed by atoms with Crippen molar-refractivity contribution in [2.24, 2.45) is 0 Å². The molecular formula is C31H42N6O3. The monoisotopic (exact) mass is 546 g/mol. The Balaban J connectivity index is 1.18. The largest absolute Gasteiger partial charge is 0.492 e. The van der Waals surface area contributed by atoms with E-state index in [0.29, 0.717) is 30.0 Å². The van der Waals surface area contributed by atoms with Gasteiger partial charge in [-0.15, -0.1) is 0 Å². The Labute approximate surface area is 237 Å². The van der Waals surface area contributed by atoms with Crippen LogP contribution in [0.25, 0.3) is 11.3 Å². The van der Waals surface area contributed by atoms with E-state index in [1.165, 1.54) is 0 Å². The second-order valence-corrected chi connectivity index (χ2v) is 10.9. The van der Waals surface area contributed by atoms with Gasteiger partial charge in [-0.1, -0.05) is 6.07 Å². The average Bonchev–Trinajstić information content (AvgIpc) is 2.97. The van der Waals surface area contributed by atoms with E-state index in [1.807, 2.05) is 36.4 Å². The van der Waals surface area contributed by atoms with E-state index >= 15 is 0 Å². The molecule has 5 rings (SSSR count). The fraction of sp³-hybridized carbons (Fsp3) is 0.484. The minimum absolute atomic E-state index is 0.139. The van der Waals surface area contributed by atoms with Gasteiger partial charge in [-0.25, -0.2) is 9.97 Å². The van der Waals surface area contributed by atoms with Crippen LogP contribution in [-0.4, -0.2) is 84.5 Å². The van der Waals surface area contributed by atoms with Gasteiger partial charge in [0.1, 0.15) is 24.2 Å². The van der Waals surface area contributed by atoms with Gasteiger partial charge >= 0.3 is 0 Å². The van der Waals surface area contributed by atoms with Crippen molar-refractivity contribution < 1.29 is 14.2 Å². The number of nitrogens with two attached hydrogens (primary N) is 1. The van der Waals surface area contributed by atoms with Crippen molar-refractivity contribution in [1.29, 1.82) is 0 Å². The molecule has 9 nitrogen and oxygen atoms in total. The number of hydrogen-bond acceptors (Lipinski definition) is 9. The first-order valence-corrected chi connectivity index (χ1v) is 14.4. The molecule has 0 radical (unpaired) electrons. The molecule has 0 unspecified atom stereocenters. The van der Waals surface area contributed by atoms with Gasteiger partial charge in [-0.2, -0.15) is 0 Å². The third kappa shape index (κ3) is 7.41. The quantitative estimate of drug-likeness (QED) is 0.349. The molecule has 0 amide bonds. The highest BCUT2D eigenvalue weighted by Gasteiger charge is 2.19. The summed E-state index contributed by atoms with van der Waals surface area (Å²) < 4.78 is 17.7. The molecule has 0 aliphatic carbocycles. The van der Waals surface area contributed by atoms with Crippen molar-refractivity contribution in [1.82, 2.24) is 19.8 Å². The first-order chi connectivity index (χ1) is 19.4. The summed E-state index contributed by atoms with van der Waals surface area (Å²) in [6.07, 6.45) is 3.64. The maximum Gasteiger partial charge on any atom is 0.227 e. The smallest absolute Gasteiger partial charge is 0.227 e. The molecule has 2 saturated heterocycles. The van der Waals surface area contributed by atoms with E-state index in [1.54, 1.807) is 6.20 Å². The maximum atomic E-state index is 6.34. The van der Waals surface area contributed by atoms with E-state index in [4.69, 9.17) is 24.9 Å². The molecular weight excluding hydrogens is 504 g/mol. The lowest BCUT2D eigenvalue weighted by Crippen LogP contribution is -2.49. The Hall–Kier alpha value is -3.40. The molecule has 0 spiro atoms. The van der Waals surface area contributed by atoms with Crippen molar-refractivity contribution in [2.45, 2.75) is 45.8 Å². The fourth-order valence-corrected chi connectivity index (χ4v) is 5.12. The number of hydrogen-bond donors (Lipinski definition) is 2. The Morgan fingerprint density at radius 1 is 1.02 bits per heavy atom. The van der Waals surface area contributed by atoms with Gasteiger partial charge in [0.25, 0.3) is 0 Å². The SMILES string of the molecule is Cc1ccc(Nc2nccc(-c3ccc(OC4CCOCC4)c(N)c3)n2)cc1OCCN1CCN(C(C)C)CC1. The molecule has 0 saturated carbocycles. The van der Waals surface area contributed by atoms with Crippen LogP contribution in [0.1, 0.15) is 32.3 Å². The Morgan fingerprint density at radius 2 is 1.82 bits per heavy atom. The molecule has 0 bridgehead atoms.